The first-order valence-electron chi connectivity index (χ1n) is 5.75. The summed E-state index contributed by atoms with van der Waals surface area (Å²) < 4.78 is 0. The summed E-state index contributed by atoms with van der Waals surface area (Å²) in [7, 11) is 0. The van der Waals surface area contributed by atoms with Gasteiger partial charge in [-0.2, -0.15) is 0 Å². The molecule has 0 saturated heterocycles. The molecule has 1 aliphatic carbocycles. The lowest BCUT2D eigenvalue weighted by Gasteiger charge is -2.14. The molecule has 0 fully saturated rings. The molecule has 1 aromatic carbocycles. The van der Waals surface area contributed by atoms with E-state index in [0.717, 1.165) is 24.3 Å². The van der Waals surface area contributed by atoms with E-state index in [-0.39, 0.29) is 0 Å². The Bertz CT molecular complexity index is 435. The van der Waals surface area contributed by atoms with Crippen molar-refractivity contribution in [2.75, 3.05) is 0 Å². The fraction of sp³-hybridized carbons (Fsp3) is 0.333. The molecule has 84 valence electrons. The second kappa shape index (κ2) is 4.88. The lowest BCUT2D eigenvalue weighted by atomic mass is 9.95. The van der Waals surface area contributed by atoms with Gasteiger partial charge < -0.3 is 0 Å². The number of benzene rings is 1. The largest absolute Gasteiger partial charge is 0.0888 e. The molecule has 2 rings (SSSR count). The van der Waals surface area contributed by atoms with Crippen molar-refractivity contribution in [3.8, 4) is 0 Å². The SMILES string of the molecule is CC1=CC(Cc2ccc(C)cc2)=C(Cl)CC1. The van der Waals surface area contributed by atoms with Crippen LogP contribution in [0.15, 0.2) is 46.5 Å². The maximum Gasteiger partial charge on any atom is 0.0219 e. The second-order valence-electron chi connectivity index (χ2n) is 4.58. The number of hydrogen-bond donors (Lipinski definition) is 0. The summed E-state index contributed by atoms with van der Waals surface area (Å²) in [4.78, 5) is 0. The number of aryl methyl sites for hydroxylation is 1. The highest BCUT2D eigenvalue weighted by molar-refractivity contribution is 6.30. The molecule has 0 atom stereocenters. The van der Waals surface area contributed by atoms with Crippen LogP contribution in [0.3, 0.4) is 0 Å². The van der Waals surface area contributed by atoms with E-state index < -0.39 is 0 Å². The summed E-state index contributed by atoms with van der Waals surface area (Å²) in [5.74, 6) is 0. The van der Waals surface area contributed by atoms with Gasteiger partial charge in [0.2, 0.25) is 0 Å². The van der Waals surface area contributed by atoms with Crippen LogP contribution in [0.5, 0.6) is 0 Å². The van der Waals surface area contributed by atoms with Gasteiger partial charge in [-0.15, -0.1) is 0 Å². The van der Waals surface area contributed by atoms with Crippen LogP contribution in [-0.4, -0.2) is 0 Å². The van der Waals surface area contributed by atoms with Crippen LogP contribution >= 0.6 is 11.6 Å². The first-order valence-corrected chi connectivity index (χ1v) is 6.13. The molecule has 0 aliphatic heterocycles. The maximum absolute atomic E-state index is 6.26. The van der Waals surface area contributed by atoms with Gasteiger partial charge in [0.15, 0.2) is 0 Å². The van der Waals surface area contributed by atoms with Gasteiger partial charge in [0, 0.05) is 5.03 Å². The third-order valence-electron chi connectivity index (χ3n) is 3.02. The molecule has 1 heteroatoms. The van der Waals surface area contributed by atoms with Gasteiger partial charge >= 0.3 is 0 Å². The molecule has 1 aliphatic rings. The van der Waals surface area contributed by atoms with E-state index >= 15 is 0 Å². The van der Waals surface area contributed by atoms with Crippen LogP contribution in [0, 0.1) is 6.92 Å². The molecule has 0 radical (unpaired) electrons. The molecule has 0 heterocycles. The highest BCUT2D eigenvalue weighted by Gasteiger charge is 2.09. The second-order valence-corrected chi connectivity index (χ2v) is 5.04. The Morgan fingerprint density at radius 1 is 1.06 bits per heavy atom. The van der Waals surface area contributed by atoms with Gasteiger partial charge in [0.25, 0.3) is 0 Å². The number of halogens is 1. The van der Waals surface area contributed by atoms with Gasteiger partial charge in [-0.05, 0) is 44.2 Å². The summed E-state index contributed by atoms with van der Waals surface area (Å²) in [6, 6.07) is 8.68. The number of hydrogen-bond acceptors (Lipinski definition) is 0. The molecule has 0 unspecified atom stereocenters. The zero-order valence-corrected chi connectivity index (χ0v) is 10.6. The Balaban J connectivity index is 2.18. The minimum Gasteiger partial charge on any atom is -0.0888 e. The van der Waals surface area contributed by atoms with Crippen LogP contribution in [0.4, 0.5) is 0 Å². The monoisotopic (exact) mass is 232 g/mol. The highest BCUT2D eigenvalue weighted by Crippen LogP contribution is 2.28. The lowest BCUT2D eigenvalue weighted by Crippen LogP contribution is -1.97. The van der Waals surface area contributed by atoms with Crippen LogP contribution < -0.4 is 0 Å². The Kier molecular flexibility index (Phi) is 3.50. The Hall–Kier alpha value is -1.01. The Morgan fingerprint density at radius 2 is 1.75 bits per heavy atom. The van der Waals surface area contributed by atoms with E-state index in [1.807, 2.05) is 0 Å². The fourth-order valence-corrected chi connectivity index (χ4v) is 2.20. The van der Waals surface area contributed by atoms with Crippen LogP contribution in [-0.2, 0) is 6.42 Å². The molecule has 0 bridgehead atoms. The Morgan fingerprint density at radius 3 is 2.44 bits per heavy atom. The minimum absolute atomic E-state index is 0.955. The van der Waals surface area contributed by atoms with Gasteiger partial charge in [0.1, 0.15) is 0 Å². The predicted octanol–water partition coefficient (Wildman–Crippen LogP) is 4.77. The van der Waals surface area contributed by atoms with Gasteiger partial charge in [-0.1, -0.05) is 53.1 Å². The van der Waals surface area contributed by atoms with E-state index in [0.29, 0.717) is 0 Å². The zero-order valence-electron chi connectivity index (χ0n) is 9.89. The smallest absolute Gasteiger partial charge is 0.0219 e. The first-order chi connectivity index (χ1) is 7.65. The van der Waals surface area contributed by atoms with E-state index in [4.69, 9.17) is 11.6 Å². The topological polar surface area (TPSA) is 0 Å². The maximum atomic E-state index is 6.26. The molecule has 0 amide bonds. The normalized spacial score (nSPS) is 16.3. The Labute approximate surface area is 103 Å². The van der Waals surface area contributed by atoms with E-state index in [1.165, 1.54) is 22.3 Å². The van der Waals surface area contributed by atoms with Crippen molar-refractivity contribution in [2.24, 2.45) is 0 Å². The van der Waals surface area contributed by atoms with E-state index in [9.17, 15) is 0 Å². The summed E-state index contributed by atoms with van der Waals surface area (Å²) in [6.07, 6.45) is 5.31. The van der Waals surface area contributed by atoms with Crippen molar-refractivity contribution >= 4 is 11.6 Å². The van der Waals surface area contributed by atoms with Gasteiger partial charge in [-0.3, -0.25) is 0 Å². The van der Waals surface area contributed by atoms with Crippen molar-refractivity contribution in [3.63, 3.8) is 0 Å². The average Bonchev–Trinajstić information content (AvgIpc) is 2.27. The first kappa shape index (κ1) is 11.5. The minimum atomic E-state index is 0.955. The average molecular weight is 233 g/mol. The molecule has 0 nitrogen and oxygen atoms in total. The van der Waals surface area contributed by atoms with Crippen LogP contribution in [0.25, 0.3) is 0 Å². The van der Waals surface area contributed by atoms with Crippen molar-refractivity contribution in [2.45, 2.75) is 33.1 Å². The summed E-state index contributed by atoms with van der Waals surface area (Å²) in [6.45, 7) is 4.29. The van der Waals surface area contributed by atoms with Crippen molar-refractivity contribution in [1.82, 2.24) is 0 Å². The molecule has 1 aromatic rings. The quantitative estimate of drug-likeness (QED) is 0.689. The number of rotatable bonds is 2. The summed E-state index contributed by atoms with van der Waals surface area (Å²) >= 11 is 6.26. The molecule has 0 saturated carbocycles. The van der Waals surface area contributed by atoms with Gasteiger partial charge in [0.05, 0.1) is 0 Å². The molecular formula is C15H17Cl. The van der Waals surface area contributed by atoms with Crippen molar-refractivity contribution in [1.29, 1.82) is 0 Å². The van der Waals surface area contributed by atoms with Crippen molar-refractivity contribution in [3.05, 3.63) is 57.6 Å². The van der Waals surface area contributed by atoms with E-state index in [2.05, 4.69) is 44.2 Å². The fourth-order valence-electron chi connectivity index (χ4n) is 1.99. The molecule has 0 N–H and O–H groups in total. The zero-order chi connectivity index (χ0) is 11.5. The highest BCUT2D eigenvalue weighted by atomic mass is 35.5. The molecule has 0 spiro atoms. The van der Waals surface area contributed by atoms with E-state index in [1.54, 1.807) is 0 Å². The van der Waals surface area contributed by atoms with Crippen LogP contribution in [0.2, 0.25) is 0 Å². The van der Waals surface area contributed by atoms with Gasteiger partial charge in [-0.25, -0.2) is 0 Å². The predicted molar refractivity (Wildman–Crippen MR) is 70.8 cm³/mol. The summed E-state index contributed by atoms with van der Waals surface area (Å²) in [5, 5.41) is 1.03. The number of allylic oxidation sites excluding steroid dienone is 4. The van der Waals surface area contributed by atoms with Crippen molar-refractivity contribution < 1.29 is 0 Å². The van der Waals surface area contributed by atoms with Crippen LogP contribution in [0.1, 0.15) is 30.9 Å². The lowest BCUT2D eigenvalue weighted by molar-refractivity contribution is 0.915. The molecule has 0 aromatic heterocycles. The third-order valence-corrected chi connectivity index (χ3v) is 3.45. The molecular weight excluding hydrogens is 216 g/mol. The standard InChI is InChI=1S/C15H17Cl/c1-11-3-6-13(7-4-11)10-14-9-12(2)5-8-15(14)16/h3-4,6-7,9H,5,8,10H2,1-2H3. The molecule has 16 heavy (non-hydrogen) atoms. The third kappa shape index (κ3) is 2.76. The summed E-state index contributed by atoms with van der Waals surface area (Å²) in [5.41, 5.74) is 5.37.